The van der Waals surface area contributed by atoms with Gasteiger partial charge in [-0.1, -0.05) is 12.8 Å². The van der Waals surface area contributed by atoms with Crippen molar-refractivity contribution in [3.8, 4) is 6.07 Å². The van der Waals surface area contributed by atoms with E-state index in [0.29, 0.717) is 33.0 Å². The monoisotopic (exact) mass is 241 g/mol. The maximum atomic E-state index is 9.17. The Morgan fingerprint density at radius 1 is 1.00 bits per heavy atom. The molecule has 1 rings (SSSR count). The van der Waals surface area contributed by atoms with Gasteiger partial charge < -0.3 is 14.2 Å². The van der Waals surface area contributed by atoms with Gasteiger partial charge in [-0.05, 0) is 19.3 Å². The van der Waals surface area contributed by atoms with Gasteiger partial charge in [0, 0.05) is 13.7 Å². The third-order valence-corrected chi connectivity index (χ3v) is 3.33. The lowest BCUT2D eigenvalue weighted by Crippen LogP contribution is -2.17. The number of rotatable bonds is 9. The first kappa shape index (κ1) is 14.4. The molecular weight excluding hydrogens is 218 g/mol. The maximum Gasteiger partial charge on any atom is 0.0701 e. The van der Waals surface area contributed by atoms with Crippen molar-refractivity contribution >= 4 is 0 Å². The molecule has 0 N–H and O–H groups in total. The molecule has 0 heterocycles. The van der Waals surface area contributed by atoms with Gasteiger partial charge in [-0.15, -0.1) is 0 Å². The molecule has 98 valence electrons. The number of methoxy groups -OCH3 is 1. The van der Waals surface area contributed by atoms with Gasteiger partial charge in [-0.2, -0.15) is 5.26 Å². The zero-order valence-corrected chi connectivity index (χ0v) is 10.7. The van der Waals surface area contributed by atoms with Gasteiger partial charge >= 0.3 is 0 Å². The fraction of sp³-hybridized carbons (Fsp3) is 0.923. The molecule has 1 aliphatic rings. The Morgan fingerprint density at radius 2 is 1.59 bits per heavy atom. The molecule has 17 heavy (non-hydrogen) atoms. The molecule has 0 saturated heterocycles. The highest BCUT2D eigenvalue weighted by molar-refractivity contribution is 5.01. The Balaban J connectivity index is 1.95. The van der Waals surface area contributed by atoms with Crippen molar-refractivity contribution < 1.29 is 14.2 Å². The van der Waals surface area contributed by atoms with Crippen LogP contribution in [0.1, 0.15) is 32.1 Å². The van der Waals surface area contributed by atoms with Crippen LogP contribution in [0.5, 0.6) is 0 Å². The predicted molar refractivity (Wildman–Crippen MR) is 64.6 cm³/mol. The second-order valence-electron chi connectivity index (χ2n) is 4.57. The lowest BCUT2D eigenvalue weighted by atomic mass is 9.85. The second kappa shape index (κ2) is 8.46. The third-order valence-electron chi connectivity index (χ3n) is 3.33. The molecule has 0 aromatic carbocycles. The first-order valence-corrected chi connectivity index (χ1v) is 6.39. The summed E-state index contributed by atoms with van der Waals surface area (Å²) in [6, 6.07) is 2.47. The van der Waals surface area contributed by atoms with Gasteiger partial charge in [0.1, 0.15) is 0 Å². The van der Waals surface area contributed by atoms with E-state index in [1.54, 1.807) is 7.11 Å². The summed E-state index contributed by atoms with van der Waals surface area (Å²) in [4.78, 5) is 0. The minimum absolute atomic E-state index is 0.100. The molecule has 0 aromatic rings. The molecule has 1 fully saturated rings. The van der Waals surface area contributed by atoms with E-state index in [-0.39, 0.29) is 5.41 Å². The van der Waals surface area contributed by atoms with Gasteiger partial charge in [0.2, 0.25) is 0 Å². The van der Waals surface area contributed by atoms with E-state index in [1.807, 2.05) is 0 Å². The summed E-state index contributed by atoms with van der Waals surface area (Å²) >= 11 is 0. The molecule has 1 aliphatic carbocycles. The van der Waals surface area contributed by atoms with E-state index in [0.717, 1.165) is 19.3 Å². The largest absolute Gasteiger partial charge is 0.382 e. The molecule has 0 amide bonds. The summed E-state index contributed by atoms with van der Waals surface area (Å²) in [6.07, 6.45) is 5.32. The topological polar surface area (TPSA) is 51.5 Å². The highest BCUT2D eigenvalue weighted by Gasteiger charge is 2.33. The van der Waals surface area contributed by atoms with Gasteiger partial charge in [-0.3, -0.25) is 0 Å². The van der Waals surface area contributed by atoms with E-state index in [2.05, 4.69) is 6.07 Å². The minimum atomic E-state index is -0.100. The SMILES string of the molecule is COCCOCCOCCC1(C#N)CCCC1. The van der Waals surface area contributed by atoms with Crippen molar-refractivity contribution in [2.45, 2.75) is 32.1 Å². The highest BCUT2D eigenvalue weighted by atomic mass is 16.5. The first-order valence-electron chi connectivity index (χ1n) is 6.39. The number of ether oxygens (including phenoxy) is 3. The van der Waals surface area contributed by atoms with Gasteiger partial charge in [-0.25, -0.2) is 0 Å². The Kier molecular flexibility index (Phi) is 7.18. The second-order valence-corrected chi connectivity index (χ2v) is 4.57. The summed E-state index contributed by atoms with van der Waals surface area (Å²) in [7, 11) is 1.66. The highest BCUT2D eigenvalue weighted by Crippen LogP contribution is 2.40. The van der Waals surface area contributed by atoms with Crippen LogP contribution < -0.4 is 0 Å². The van der Waals surface area contributed by atoms with Crippen LogP contribution in [0.2, 0.25) is 0 Å². The van der Waals surface area contributed by atoms with Crippen LogP contribution in [-0.2, 0) is 14.2 Å². The number of hydrogen-bond donors (Lipinski definition) is 0. The summed E-state index contributed by atoms with van der Waals surface area (Å²) in [5.74, 6) is 0. The summed E-state index contributed by atoms with van der Waals surface area (Å²) in [5, 5.41) is 9.17. The van der Waals surface area contributed by atoms with Crippen LogP contribution in [0.3, 0.4) is 0 Å². The van der Waals surface area contributed by atoms with Gasteiger partial charge in [0.25, 0.3) is 0 Å². The third kappa shape index (κ3) is 5.49. The summed E-state index contributed by atoms with van der Waals surface area (Å²) in [6.45, 7) is 3.11. The zero-order valence-electron chi connectivity index (χ0n) is 10.7. The average molecular weight is 241 g/mol. The first-order chi connectivity index (χ1) is 8.33. The molecule has 0 radical (unpaired) electrons. The fourth-order valence-electron chi connectivity index (χ4n) is 2.20. The summed E-state index contributed by atoms with van der Waals surface area (Å²) < 4.78 is 15.6. The minimum Gasteiger partial charge on any atom is -0.382 e. The Labute approximate surface area is 104 Å². The smallest absolute Gasteiger partial charge is 0.0701 e. The van der Waals surface area contributed by atoms with E-state index >= 15 is 0 Å². The maximum absolute atomic E-state index is 9.17. The molecule has 0 aromatic heterocycles. The van der Waals surface area contributed by atoms with Crippen molar-refractivity contribution in [2.75, 3.05) is 40.1 Å². The van der Waals surface area contributed by atoms with Crippen molar-refractivity contribution in [1.82, 2.24) is 0 Å². The molecule has 0 unspecified atom stereocenters. The Morgan fingerprint density at radius 3 is 2.18 bits per heavy atom. The van der Waals surface area contributed by atoms with E-state index in [1.165, 1.54) is 12.8 Å². The van der Waals surface area contributed by atoms with Crippen molar-refractivity contribution in [1.29, 1.82) is 5.26 Å². The predicted octanol–water partition coefficient (Wildman–Crippen LogP) is 2.14. The van der Waals surface area contributed by atoms with Crippen molar-refractivity contribution in [2.24, 2.45) is 5.41 Å². The molecule has 0 aliphatic heterocycles. The molecule has 4 heteroatoms. The fourth-order valence-corrected chi connectivity index (χ4v) is 2.20. The number of nitriles is 1. The van der Waals surface area contributed by atoms with Crippen LogP contribution in [0.25, 0.3) is 0 Å². The Hall–Kier alpha value is -0.630. The standard InChI is InChI=1S/C13H23NO3/c1-15-8-9-17-11-10-16-7-6-13(12-14)4-2-3-5-13/h2-11H2,1H3. The Bertz CT molecular complexity index is 231. The molecular formula is C13H23NO3. The molecule has 0 spiro atoms. The van der Waals surface area contributed by atoms with Crippen molar-refractivity contribution in [3.63, 3.8) is 0 Å². The molecule has 0 bridgehead atoms. The van der Waals surface area contributed by atoms with Crippen LogP contribution in [-0.4, -0.2) is 40.1 Å². The molecule has 0 atom stereocenters. The van der Waals surface area contributed by atoms with E-state index in [4.69, 9.17) is 14.2 Å². The molecule has 1 saturated carbocycles. The van der Waals surface area contributed by atoms with Gasteiger partial charge in [0.05, 0.1) is 37.9 Å². The average Bonchev–Trinajstić information content (AvgIpc) is 2.82. The van der Waals surface area contributed by atoms with Crippen LogP contribution in [0.4, 0.5) is 0 Å². The number of nitrogens with zero attached hydrogens (tertiary/aromatic N) is 1. The van der Waals surface area contributed by atoms with E-state index < -0.39 is 0 Å². The normalized spacial score (nSPS) is 18.1. The summed E-state index contributed by atoms with van der Waals surface area (Å²) in [5.41, 5.74) is -0.100. The van der Waals surface area contributed by atoms with E-state index in [9.17, 15) is 5.26 Å². The van der Waals surface area contributed by atoms with Gasteiger partial charge in [0.15, 0.2) is 0 Å². The zero-order chi connectivity index (χ0) is 12.4. The van der Waals surface area contributed by atoms with Crippen molar-refractivity contribution in [3.05, 3.63) is 0 Å². The number of hydrogen-bond acceptors (Lipinski definition) is 4. The quantitative estimate of drug-likeness (QED) is 0.580. The lowest BCUT2D eigenvalue weighted by Gasteiger charge is -2.19. The van der Waals surface area contributed by atoms with Crippen LogP contribution in [0, 0.1) is 16.7 Å². The van der Waals surface area contributed by atoms with Crippen LogP contribution in [0.15, 0.2) is 0 Å². The lowest BCUT2D eigenvalue weighted by molar-refractivity contribution is 0.0197. The molecule has 4 nitrogen and oxygen atoms in total. The van der Waals surface area contributed by atoms with Crippen LogP contribution >= 0.6 is 0 Å².